The van der Waals surface area contributed by atoms with Crippen LogP contribution in [0.4, 0.5) is 5.69 Å². The summed E-state index contributed by atoms with van der Waals surface area (Å²) in [6.45, 7) is 3.77. The normalized spacial score (nSPS) is 17.4. The minimum atomic E-state index is -0.264. The van der Waals surface area contributed by atoms with Gasteiger partial charge in [-0.3, -0.25) is 14.7 Å². The highest BCUT2D eigenvalue weighted by Gasteiger charge is 2.29. The Morgan fingerprint density at radius 3 is 2.68 bits per heavy atom. The van der Waals surface area contributed by atoms with E-state index in [-0.39, 0.29) is 17.6 Å². The molecule has 0 saturated carbocycles. The van der Waals surface area contributed by atoms with E-state index in [2.05, 4.69) is 10.1 Å². The van der Waals surface area contributed by atoms with Gasteiger partial charge in [0.1, 0.15) is 5.76 Å². The fourth-order valence-electron chi connectivity index (χ4n) is 2.07. The second kappa shape index (κ2) is 6.14. The number of benzene rings is 1. The lowest BCUT2D eigenvalue weighted by Crippen LogP contribution is -2.34. The van der Waals surface area contributed by atoms with Gasteiger partial charge in [-0.25, -0.2) is 0 Å². The lowest BCUT2D eigenvalue weighted by Gasteiger charge is -2.20. The molecule has 2 heterocycles. The predicted octanol–water partition coefficient (Wildman–Crippen LogP) is 3.77. The van der Waals surface area contributed by atoms with Gasteiger partial charge in [-0.2, -0.15) is 0 Å². The largest absolute Gasteiger partial charge is 0.361 e. The number of nitrogens with zero attached hydrogens (tertiary/aromatic N) is 3. The minimum Gasteiger partial charge on any atom is -0.361 e. The van der Waals surface area contributed by atoms with Crippen molar-refractivity contribution in [1.82, 2.24) is 5.16 Å². The number of thioether (sulfide) groups is 1. The summed E-state index contributed by atoms with van der Waals surface area (Å²) in [6.07, 6.45) is 0. The number of aliphatic imine (C=N–C) groups is 1. The lowest BCUT2D eigenvalue weighted by molar-refractivity contribution is 0.0994. The summed E-state index contributed by atoms with van der Waals surface area (Å²) in [5.74, 6) is 1.18. The van der Waals surface area contributed by atoms with Crippen LogP contribution in [0.15, 0.2) is 39.8 Å². The number of carbonyl (C=O) groups excluding carboxylic acids is 1. The molecular formula is C15H14ClN3O2S. The number of rotatable bonds is 2. The van der Waals surface area contributed by atoms with E-state index in [0.29, 0.717) is 21.6 Å². The van der Waals surface area contributed by atoms with Gasteiger partial charge in [-0.05, 0) is 38.1 Å². The second-order valence-corrected chi connectivity index (χ2v) is 6.44. The molecule has 3 rings (SSSR count). The molecule has 1 aromatic heterocycles. The Morgan fingerprint density at radius 2 is 2.14 bits per heavy atom. The molecule has 0 N–H and O–H groups in total. The van der Waals surface area contributed by atoms with E-state index in [9.17, 15) is 4.79 Å². The van der Waals surface area contributed by atoms with Crippen LogP contribution in [0.25, 0.3) is 0 Å². The van der Waals surface area contributed by atoms with E-state index in [1.807, 2.05) is 6.92 Å². The maximum atomic E-state index is 12.8. The smallest absolute Gasteiger partial charge is 0.286 e. The van der Waals surface area contributed by atoms with Crippen molar-refractivity contribution in [1.29, 1.82) is 0 Å². The summed E-state index contributed by atoms with van der Waals surface area (Å²) < 4.78 is 5.01. The molecule has 22 heavy (non-hydrogen) atoms. The fourth-order valence-corrected chi connectivity index (χ4v) is 3.23. The molecule has 114 valence electrons. The summed E-state index contributed by atoms with van der Waals surface area (Å²) in [4.78, 5) is 18.9. The first kappa shape index (κ1) is 15.1. The van der Waals surface area contributed by atoms with E-state index in [1.54, 1.807) is 53.9 Å². The summed E-state index contributed by atoms with van der Waals surface area (Å²) in [5.41, 5.74) is 0.964. The third-order valence-corrected chi connectivity index (χ3v) is 4.56. The predicted molar refractivity (Wildman–Crippen MR) is 88.9 cm³/mol. The zero-order valence-electron chi connectivity index (χ0n) is 12.1. The van der Waals surface area contributed by atoms with Crippen molar-refractivity contribution in [2.45, 2.75) is 19.9 Å². The van der Waals surface area contributed by atoms with E-state index < -0.39 is 0 Å². The number of halogens is 1. The first-order chi connectivity index (χ1) is 10.5. The van der Waals surface area contributed by atoms with E-state index in [1.165, 1.54) is 0 Å². The summed E-state index contributed by atoms with van der Waals surface area (Å²) >= 11 is 7.48. The second-order valence-electron chi connectivity index (χ2n) is 5.01. The topological polar surface area (TPSA) is 58.7 Å². The highest BCUT2D eigenvalue weighted by molar-refractivity contribution is 8.14. The van der Waals surface area contributed by atoms with Gasteiger partial charge >= 0.3 is 0 Å². The Labute approximate surface area is 137 Å². The molecule has 1 amide bonds. The summed E-state index contributed by atoms with van der Waals surface area (Å²) in [6, 6.07) is 8.87. The van der Waals surface area contributed by atoms with Crippen molar-refractivity contribution in [2.75, 3.05) is 10.7 Å². The standard InChI is InChI=1S/C15H14ClN3O2S/c1-9-8-22-15(17-9)19(12-5-3-11(16)4-6-12)14(20)13-7-10(2)21-18-13/h3-7,9H,8H2,1-2H3. The molecule has 0 bridgehead atoms. The number of amidine groups is 1. The molecule has 0 radical (unpaired) electrons. The van der Waals surface area contributed by atoms with E-state index >= 15 is 0 Å². The van der Waals surface area contributed by atoms with E-state index in [4.69, 9.17) is 16.1 Å². The van der Waals surface area contributed by atoms with Crippen LogP contribution in [-0.2, 0) is 0 Å². The number of amides is 1. The molecule has 5 nitrogen and oxygen atoms in total. The Bertz CT molecular complexity index is 727. The monoisotopic (exact) mass is 335 g/mol. The number of aromatic nitrogens is 1. The Morgan fingerprint density at radius 1 is 1.41 bits per heavy atom. The number of hydrogen-bond donors (Lipinski definition) is 0. The summed E-state index contributed by atoms with van der Waals surface area (Å²) in [7, 11) is 0. The zero-order chi connectivity index (χ0) is 15.7. The van der Waals surface area contributed by atoms with E-state index in [0.717, 1.165) is 5.75 Å². The van der Waals surface area contributed by atoms with Crippen molar-refractivity contribution in [2.24, 2.45) is 4.99 Å². The van der Waals surface area contributed by atoms with Crippen LogP contribution in [0, 0.1) is 6.92 Å². The molecule has 1 aliphatic heterocycles. The average Bonchev–Trinajstić information content (AvgIpc) is 3.10. The van der Waals surface area contributed by atoms with Crippen LogP contribution in [0.2, 0.25) is 5.02 Å². The molecular weight excluding hydrogens is 322 g/mol. The van der Waals surface area contributed by atoms with Crippen LogP contribution in [0.5, 0.6) is 0 Å². The van der Waals surface area contributed by atoms with Gasteiger partial charge < -0.3 is 4.52 Å². The minimum absolute atomic E-state index is 0.182. The van der Waals surface area contributed by atoms with Gasteiger partial charge in [-0.15, -0.1) is 0 Å². The summed E-state index contributed by atoms with van der Waals surface area (Å²) in [5, 5.41) is 5.09. The van der Waals surface area contributed by atoms with Gasteiger partial charge in [0, 0.05) is 16.8 Å². The van der Waals surface area contributed by atoms with Crippen LogP contribution in [0.1, 0.15) is 23.2 Å². The van der Waals surface area contributed by atoms with Crippen LogP contribution in [-0.4, -0.2) is 28.0 Å². The van der Waals surface area contributed by atoms with Crippen molar-refractivity contribution in [3.05, 3.63) is 46.8 Å². The van der Waals surface area contributed by atoms with Gasteiger partial charge in [0.2, 0.25) is 0 Å². The lowest BCUT2D eigenvalue weighted by atomic mass is 10.2. The quantitative estimate of drug-likeness (QED) is 0.838. The van der Waals surface area contributed by atoms with Gasteiger partial charge in [0.15, 0.2) is 10.9 Å². The molecule has 0 fully saturated rings. The van der Waals surface area contributed by atoms with Crippen LogP contribution >= 0.6 is 23.4 Å². The first-order valence-electron chi connectivity index (χ1n) is 6.78. The van der Waals surface area contributed by atoms with Crippen molar-refractivity contribution < 1.29 is 9.32 Å². The fraction of sp³-hybridized carbons (Fsp3) is 0.267. The first-order valence-corrected chi connectivity index (χ1v) is 8.15. The number of carbonyl (C=O) groups is 1. The molecule has 1 atom stereocenters. The number of aryl methyl sites for hydroxylation is 1. The number of anilines is 1. The van der Waals surface area contributed by atoms with Crippen molar-refractivity contribution in [3.8, 4) is 0 Å². The molecule has 7 heteroatoms. The Balaban J connectivity index is 2.01. The highest BCUT2D eigenvalue weighted by atomic mass is 35.5. The molecule has 0 aliphatic carbocycles. The molecule has 0 spiro atoms. The molecule has 1 unspecified atom stereocenters. The van der Waals surface area contributed by atoms with Gasteiger partial charge in [0.05, 0.1) is 11.7 Å². The third kappa shape index (κ3) is 3.03. The third-order valence-electron chi connectivity index (χ3n) is 3.11. The van der Waals surface area contributed by atoms with Gasteiger partial charge in [-0.1, -0.05) is 28.5 Å². The zero-order valence-corrected chi connectivity index (χ0v) is 13.7. The maximum Gasteiger partial charge on any atom is 0.286 e. The Kier molecular flexibility index (Phi) is 4.22. The van der Waals surface area contributed by atoms with Gasteiger partial charge in [0.25, 0.3) is 5.91 Å². The van der Waals surface area contributed by atoms with Crippen molar-refractivity contribution >= 4 is 40.1 Å². The van der Waals surface area contributed by atoms with Crippen LogP contribution < -0.4 is 4.90 Å². The average molecular weight is 336 g/mol. The molecule has 1 aliphatic rings. The Hall–Kier alpha value is -1.79. The molecule has 0 saturated heterocycles. The molecule has 1 aromatic carbocycles. The SMILES string of the molecule is Cc1cc(C(=O)N(C2=NC(C)CS2)c2ccc(Cl)cc2)no1. The molecule has 2 aromatic rings. The number of hydrogen-bond acceptors (Lipinski definition) is 5. The van der Waals surface area contributed by atoms with Crippen LogP contribution in [0.3, 0.4) is 0 Å². The maximum absolute atomic E-state index is 12.8. The highest BCUT2D eigenvalue weighted by Crippen LogP contribution is 2.28. The van der Waals surface area contributed by atoms with Crippen molar-refractivity contribution in [3.63, 3.8) is 0 Å².